The second-order valence-electron chi connectivity index (χ2n) is 9.56. The van der Waals surface area contributed by atoms with Crippen molar-refractivity contribution in [3.63, 3.8) is 0 Å². The van der Waals surface area contributed by atoms with Gasteiger partial charge in [0.25, 0.3) is 0 Å². The summed E-state index contributed by atoms with van der Waals surface area (Å²) >= 11 is 0. The monoisotopic (exact) mass is 527 g/mol. The molecule has 10 nitrogen and oxygen atoms in total. The molecule has 38 heavy (non-hydrogen) atoms. The van der Waals surface area contributed by atoms with Gasteiger partial charge in [-0.15, -0.1) is 0 Å². The van der Waals surface area contributed by atoms with Crippen molar-refractivity contribution in [1.82, 2.24) is 10.2 Å². The molecular weight excluding hydrogens is 490 g/mol. The van der Waals surface area contributed by atoms with E-state index < -0.39 is 18.3 Å². The number of anilines is 1. The van der Waals surface area contributed by atoms with Crippen LogP contribution in [0.25, 0.3) is 0 Å². The molecule has 0 aromatic heterocycles. The molecule has 0 saturated carbocycles. The lowest BCUT2D eigenvalue weighted by molar-refractivity contribution is -0.253. The summed E-state index contributed by atoms with van der Waals surface area (Å²) in [6, 6.07) is 14.6. The maximum absolute atomic E-state index is 12.1. The first-order valence-electron chi connectivity index (χ1n) is 13.1. The van der Waals surface area contributed by atoms with Gasteiger partial charge in [0.15, 0.2) is 6.29 Å². The van der Waals surface area contributed by atoms with Crippen molar-refractivity contribution in [3.05, 3.63) is 65.2 Å². The van der Waals surface area contributed by atoms with E-state index in [1.807, 2.05) is 36.4 Å². The van der Waals surface area contributed by atoms with Gasteiger partial charge in [-0.2, -0.15) is 0 Å². The number of rotatable bonds is 10. The number of ether oxygens (including phenoxy) is 3. The third-order valence-corrected chi connectivity index (χ3v) is 6.90. The van der Waals surface area contributed by atoms with E-state index in [2.05, 4.69) is 15.5 Å². The van der Waals surface area contributed by atoms with Crippen LogP contribution in [0.4, 0.5) is 10.5 Å². The minimum atomic E-state index is -0.613. The van der Waals surface area contributed by atoms with Crippen molar-refractivity contribution < 1.29 is 34.0 Å². The molecule has 0 bridgehead atoms. The van der Waals surface area contributed by atoms with E-state index in [0.29, 0.717) is 18.7 Å². The standard InChI is InChI=1S/C28H37N3O7/c1-2-36-26(34)15-29-28(35)30-22-11-9-21(10-12-22)27-37-24(16-31-13-3-4-23(31)18-33)14-25(38-27)20-7-5-19(17-32)6-8-20/h5-12,23-25,27,32-33H,2-4,13-18H2,1H3,(H2,29,30,35)/t23-,24-,25+,27+/m0/s1. The fourth-order valence-electron chi connectivity index (χ4n) is 4.90. The molecule has 2 amide bonds. The number of hydrogen-bond donors (Lipinski definition) is 4. The Morgan fingerprint density at radius 2 is 1.79 bits per heavy atom. The molecule has 2 aliphatic heterocycles. The number of urea groups is 1. The number of aliphatic hydroxyl groups excluding tert-OH is 2. The Morgan fingerprint density at radius 1 is 1.05 bits per heavy atom. The molecule has 2 saturated heterocycles. The SMILES string of the molecule is CCOC(=O)CNC(=O)Nc1ccc([C@@H]2O[C@H](CN3CCC[C@H]3CO)C[C@H](c3ccc(CO)cc3)O2)cc1. The van der Waals surface area contributed by atoms with E-state index in [1.54, 1.807) is 19.1 Å². The summed E-state index contributed by atoms with van der Waals surface area (Å²) < 4.78 is 17.6. The van der Waals surface area contributed by atoms with Gasteiger partial charge < -0.3 is 35.1 Å². The average Bonchev–Trinajstić information content (AvgIpc) is 3.39. The maximum atomic E-state index is 12.1. The molecule has 0 unspecified atom stereocenters. The number of benzene rings is 2. The first kappa shape index (κ1) is 28.0. The van der Waals surface area contributed by atoms with Gasteiger partial charge in [0.2, 0.25) is 0 Å². The van der Waals surface area contributed by atoms with Crippen molar-refractivity contribution in [3.8, 4) is 0 Å². The zero-order valence-corrected chi connectivity index (χ0v) is 21.7. The largest absolute Gasteiger partial charge is 0.465 e. The van der Waals surface area contributed by atoms with E-state index in [-0.39, 0.29) is 44.6 Å². The highest BCUT2D eigenvalue weighted by Crippen LogP contribution is 2.39. The van der Waals surface area contributed by atoms with Gasteiger partial charge in [0.1, 0.15) is 6.54 Å². The van der Waals surface area contributed by atoms with Gasteiger partial charge in [0.05, 0.1) is 32.0 Å². The molecule has 2 fully saturated rings. The summed E-state index contributed by atoms with van der Waals surface area (Å²) in [5.41, 5.74) is 3.22. The summed E-state index contributed by atoms with van der Waals surface area (Å²) in [6.45, 7) is 3.51. The first-order valence-corrected chi connectivity index (χ1v) is 13.1. The highest BCUT2D eigenvalue weighted by Gasteiger charge is 2.35. The molecule has 4 rings (SSSR count). The smallest absolute Gasteiger partial charge is 0.325 e. The fraction of sp³-hybridized carbons (Fsp3) is 0.500. The molecule has 2 aromatic rings. The Labute approximate surface area is 222 Å². The molecular formula is C28H37N3O7. The number of nitrogens with one attached hydrogen (secondary N) is 2. The summed E-state index contributed by atoms with van der Waals surface area (Å²) in [5.74, 6) is -0.501. The summed E-state index contributed by atoms with van der Waals surface area (Å²) in [4.78, 5) is 25.8. The van der Waals surface area contributed by atoms with E-state index in [1.165, 1.54) is 0 Å². The Bertz CT molecular complexity index is 1050. The normalized spacial score (nSPS) is 23.7. The van der Waals surface area contributed by atoms with Crippen molar-refractivity contribution >= 4 is 17.7 Å². The maximum Gasteiger partial charge on any atom is 0.325 e. The summed E-state index contributed by atoms with van der Waals surface area (Å²) in [7, 11) is 0. The Hall–Kier alpha value is -3.02. The van der Waals surface area contributed by atoms with Gasteiger partial charge in [-0.3, -0.25) is 9.69 Å². The van der Waals surface area contributed by atoms with Gasteiger partial charge in [-0.25, -0.2) is 4.79 Å². The van der Waals surface area contributed by atoms with Crippen molar-refractivity contribution in [2.24, 2.45) is 0 Å². The summed E-state index contributed by atoms with van der Waals surface area (Å²) in [5, 5.41) is 24.3. The third-order valence-electron chi connectivity index (χ3n) is 6.90. The van der Waals surface area contributed by atoms with Crippen molar-refractivity contribution in [2.75, 3.05) is 38.2 Å². The molecule has 10 heteroatoms. The number of esters is 1. The van der Waals surface area contributed by atoms with Gasteiger partial charge in [-0.1, -0.05) is 36.4 Å². The van der Waals surface area contributed by atoms with Gasteiger partial charge in [-0.05, 0) is 49.6 Å². The van der Waals surface area contributed by atoms with Crippen LogP contribution in [0.15, 0.2) is 48.5 Å². The van der Waals surface area contributed by atoms with Crippen LogP contribution in [0.2, 0.25) is 0 Å². The van der Waals surface area contributed by atoms with Crippen LogP contribution in [0, 0.1) is 0 Å². The van der Waals surface area contributed by atoms with Crippen LogP contribution in [0.5, 0.6) is 0 Å². The van der Waals surface area contributed by atoms with E-state index in [4.69, 9.17) is 14.2 Å². The van der Waals surface area contributed by atoms with Crippen molar-refractivity contribution in [1.29, 1.82) is 0 Å². The first-order chi connectivity index (χ1) is 18.5. The van der Waals surface area contributed by atoms with Crippen LogP contribution in [0.1, 0.15) is 55.3 Å². The highest BCUT2D eigenvalue weighted by atomic mass is 16.7. The number of carbonyl (C=O) groups excluding carboxylic acids is 2. The number of nitrogens with zero attached hydrogens (tertiary/aromatic N) is 1. The van der Waals surface area contributed by atoms with Crippen LogP contribution in [0.3, 0.4) is 0 Å². The molecule has 4 atom stereocenters. The zero-order chi connectivity index (χ0) is 26.9. The van der Waals surface area contributed by atoms with Crippen LogP contribution in [-0.4, -0.2) is 72.1 Å². The molecule has 4 N–H and O–H groups in total. The fourth-order valence-corrected chi connectivity index (χ4v) is 4.90. The predicted molar refractivity (Wildman–Crippen MR) is 140 cm³/mol. The molecule has 206 valence electrons. The Balaban J connectivity index is 1.43. The van der Waals surface area contributed by atoms with E-state index >= 15 is 0 Å². The second kappa shape index (κ2) is 13.7. The van der Waals surface area contributed by atoms with Crippen LogP contribution >= 0.6 is 0 Å². The average molecular weight is 528 g/mol. The lowest BCUT2D eigenvalue weighted by atomic mass is 9.99. The minimum absolute atomic E-state index is 0.0150. The molecule has 2 aromatic carbocycles. The number of hydrogen-bond acceptors (Lipinski definition) is 8. The third kappa shape index (κ3) is 7.52. The Kier molecular flexibility index (Phi) is 10.1. The number of amides is 2. The van der Waals surface area contributed by atoms with E-state index in [0.717, 1.165) is 36.1 Å². The van der Waals surface area contributed by atoms with E-state index in [9.17, 15) is 19.8 Å². The zero-order valence-electron chi connectivity index (χ0n) is 21.7. The molecule has 0 radical (unpaired) electrons. The topological polar surface area (TPSA) is 130 Å². The lowest BCUT2D eigenvalue weighted by Crippen LogP contribution is -2.42. The quantitative estimate of drug-likeness (QED) is 0.347. The molecule has 2 aliphatic rings. The van der Waals surface area contributed by atoms with Gasteiger partial charge >= 0.3 is 12.0 Å². The molecule has 2 heterocycles. The number of aliphatic hydroxyl groups is 2. The number of likely N-dealkylation sites (tertiary alicyclic amines) is 1. The van der Waals surface area contributed by atoms with Crippen molar-refractivity contribution in [2.45, 2.75) is 57.3 Å². The highest BCUT2D eigenvalue weighted by molar-refractivity contribution is 5.91. The number of carbonyl (C=O) groups is 2. The second-order valence-corrected chi connectivity index (χ2v) is 9.56. The van der Waals surface area contributed by atoms with Crippen LogP contribution in [-0.2, 0) is 25.6 Å². The van der Waals surface area contributed by atoms with Gasteiger partial charge in [0, 0.05) is 30.3 Å². The molecule has 0 spiro atoms. The van der Waals surface area contributed by atoms with Crippen LogP contribution < -0.4 is 10.6 Å². The Morgan fingerprint density at radius 3 is 2.47 bits per heavy atom. The predicted octanol–water partition coefficient (Wildman–Crippen LogP) is 2.87. The lowest BCUT2D eigenvalue weighted by Gasteiger charge is -2.38. The molecule has 0 aliphatic carbocycles. The minimum Gasteiger partial charge on any atom is -0.465 e. The summed E-state index contributed by atoms with van der Waals surface area (Å²) in [6.07, 6.45) is 1.80.